The molecule has 2 aliphatic carbocycles. The van der Waals surface area contributed by atoms with E-state index in [1.807, 2.05) is 13.8 Å². The molecule has 4 heteroatoms. The first kappa shape index (κ1) is 26.0. The van der Waals surface area contributed by atoms with E-state index >= 15 is 0 Å². The van der Waals surface area contributed by atoms with Gasteiger partial charge in [0, 0.05) is 19.3 Å². The zero-order valence-corrected chi connectivity index (χ0v) is 18.7. The van der Waals surface area contributed by atoms with Crippen LogP contribution in [-0.4, -0.2) is 28.6 Å². The Bertz CT molecular complexity index is 647. The normalized spacial score (nSPS) is 25.6. The monoisotopic (exact) mass is 414 g/mol. The molecule has 2 aliphatic rings. The van der Waals surface area contributed by atoms with Crippen molar-refractivity contribution < 1.29 is 19.5 Å². The summed E-state index contributed by atoms with van der Waals surface area (Å²) in [7, 11) is 0. The van der Waals surface area contributed by atoms with E-state index in [0.717, 1.165) is 0 Å². The molecule has 2 rings (SSSR count). The quantitative estimate of drug-likeness (QED) is 0.439. The highest BCUT2D eigenvalue weighted by Crippen LogP contribution is 2.42. The summed E-state index contributed by atoms with van der Waals surface area (Å²) in [6.45, 7) is 18.6. The maximum atomic E-state index is 12.1. The number of allylic oxidation sites excluding steroid dienone is 4. The van der Waals surface area contributed by atoms with Crippen LogP contribution in [0.25, 0.3) is 0 Å². The summed E-state index contributed by atoms with van der Waals surface area (Å²) in [5.41, 5.74) is -1.48. The Labute approximate surface area is 181 Å². The predicted molar refractivity (Wildman–Crippen MR) is 122 cm³/mol. The van der Waals surface area contributed by atoms with Gasteiger partial charge in [-0.1, -0.05) is 38.2 Å². The van der Waals surface area contributed by atoms with E-state index < -0.39 is 16.9 Å². The van der Waals surface area contributed by atoms with Gasteiger partial charge in [-0.15, -0.1) is 26.3 Å². The molecule has 0 bridgehead atoms. The molecule has 0 heterocycles. The topological polar surface area (TPSA) is 71.4 Å². The van der Waals surface area contributed by atoms with Gasteiger partial charge >= 0.3 is 0 Å². The Morgan fingerprint density at radius 3 is 1.53 bits per heavy atom. The van der Waals surface area contributed by atoms with Gasteiger partial charge in [-0.2, -0.15) is 0 Å². The molecule has 2 saturated carbocycles. The zero-order chi connectivity index (χ0) is 22.9. The third-order valence-electron chi connectivity index (χ3n) is 6.49. The summed E-state index contributed by atoms with van der Waals surface area (Å²) in [5, 5.41) is 10.1. The number of carbonyl (C=O) groups is 3. The van der Waals surface area contributed by atoms with Gasteiger partial charge in [0.05, 0.1) is 16.9 Å². The van der Waals surface area contributed by atoms with Crippen LogP contribution in [0.3, 0.4) is 0 Å². The van der Waals surface area contributed by atoms with Crippen molar-refractivity contribution in [2.45, 2.75) is 71.3 Å². The fourth-order valence-corrected chi connectivity index (χ4v) is 4.78. The molecule has 2 atom stereocenters. The Morgan fingerprint density at radius 1 is 0.767 bits per heavy atom. The van der Waals surface area contributed by atoms with Crippen molar-refractivity contribution in [2.75, 3.05) is 0 Å². The average molecular weight is 415 g/mol. The minimum absolute atomic E-state index is 0.0612. The zero-order valence-electron chi connectivity index (χ0n) is 18.7. The number of hydrogen-bond acceptors (Lipinski definition) is 4. The molecule has 0 aromatic rings. The van der Waals surface area contributed by atoms with Crippen LogP contribution in [0.4, 0.5) is 0 Å². The smallest absolute Gasteiger partial charge is 0.147 e. The van der Waals surface area contributed by atoms with Gasteiger partial charge in [0.2, 0.25) is 0 Å². The first-order valence-electron chi connectivity index (χ1n) is 10.8. The molecule has 0 amide bonds. The number of ketones is 3. The van der Waals surface area contributed by atoms with Crippen molar-refractivity contribution >= 4 is 17.3 Å². The fourth-order valence-electron chi connectivity index (χ4n) is 4.78. The lowest BCUT2D eigenvalue weighted by Crippen LogP contribution is -2.47. The summed E-state index contributed by atoms with van der Waals surface area (Å²) in [5.74, 6) is 0.758. The number of aliphatic hydroxyl groups excluding tert-OH is 1. The van der Waals surface area contributed by atoms with Crippen molar-refractivity contribution in [2.24, 2.45) is 22.7 Å². The van der Waals surface area contributed by atoms with Gasteiger partial charge in [0.25, 0.3) is 0 Å². The van der Waals surface area contributed by atoms with E-state index in [4.69, 9.17) is 0 Å². The molecule has 0 spiro atoms. The molecule has 4 nitrogen and oxygen atoms in total. The molecular formula is C26H38O4. The summed E-state index contributed by atoms with van der Waals surface area (Å²) in [6, 6.07) is 0. The third-order valence-corrected chi connectivity index (χ3v) is 6.49. The van der Waals surface area contributed by atoms with Crippen LogP contribution >= 0.6 is 0 Å². The minimum Gasteiger partial charge on any atom is -0.392 e. The van der Waals surface area contributed by atoms with Gasteiger partial charge in [-0.3, -0.25) is 14.4 Å². The number of aliphatic hydroxyl groups is 1. The molecule has 1 N–H and O–H groups in total. The highest BCUT2D eigenvalue weighted by molar-refractivity contribution is 6.09. The molecule has 0 radical (unpaired) electrons. The number of carbonyl (C=O) groups excluding carboxylic acids is 3. The first-order valence-corrected chi connectivity index (χ1v) is 10.8. The second-order valence-corrected chi connectivity index (χ2v) is 9.05. The summed E-state index contributed by atoms with van der Waals surface area (Å²) in [6.07, 6.45) is 10.5. The molecule has 166 valence electrons. The summed E-state index contributed by atoms with van der Waals surface area (Å²) < 4.78 is 0. The lowest BCUT2D eigenvalue weighted by atomic mass is 9.64. The SMILES string of the molecule is C=CCC1(CC=C)C(=O)CC(C)CC1=O.C=CCC1(CC=C)C(=O)C[C@H](C)CC1O. The third kappa shape index (κ3) is 5.54. The van der Waals surface area contributed by atoms with Crippen LogP contribution < -0.4 is 0 Å². The van der Waals surface area contributed by atoms with Crippen LogP contribution in [0.15, 0.2) is 50.6 Å². The van der Waals surface area contributed by atoms with Gasteiger partial charge in [0.1, 0.15) is 17.3 Å². The first-order chi connectivity index (χ1) is 14.1. The van der Waals surface area contributed by atoms with Crippen molar-refractivity contribution in [3.63, 3.8) is 0 Å². The van der Waals surface area contributed by atoms with Crippen LogP contribution in [0.5, 0.6) is 0 Å². The Hall–Kier alpha value is -2.07. The van der Waals surface area contributed by atoms with E-state index in [1.165, 1.54) is 0 Å². The lowest BCUT2D eigenvalue weighted by Gasteiger charge is -2.41. The second kappa shape index (κ2) is 11.4. The minimum atomic E-state index is -0.837. The number of rotatable bonds is 8. The van der Waals surface area contributed by atoms with Crippen molar-refractivity contribution in [3.05, 3.63) is 50.6 Å². The highest BCUT2D eigenvalue weighted by Gasteiger charge is 2.47. The van der Waals surface area contributed by atoms with Crippen molar-refractivity contribution in [3.8, 4) is 0 Å². The van der Waals surface area contributed by atoms with Gasteiger partial charge in [0.15, 0.2) is 0 Å². The second-order valence-electron chi connectivity index (χ2n) is 9.05. The van der Waals surface area contributed by atoms with Crippen molar-refractivity contribution in [1.82, 2.24) is 0 Å². The van der Waals surface area contributed by atoms with Crippen LogP contribution in [0.1, 0.15) is 65.2 Å². The average Bonchev–Trinajstić information content (AvgIpc) is 2.65. The fraction of sp³-hybridized carbons (Fsp3) is 0.577. The summed E-state index contributed by atoms with van der Waals surface area (Å²) >= 11 is 0. The molecule has 0 aromatic carbocycles. The highest BCUT2D eigenvalue weighted by atomic mass is 16.3. The molecule has 30 heavy (non-hydrogen) atoms. The Balaban J connectivity index is 0.000000300. The summed E-state index contributed by atoms with van der Waals surface area (Å²) in [4.78, 5) is 36.1. The molecule has 0 aromatic heterocycles. The molecule has 0 aliphatic heterocycles. The van der Waals surface area contributed by atoms with E-state index in [1.54, 1.807) is 24.3 Å². The molecule has 1 unspecified atom stereocenters. The van der Waals surface area contributed by atoms with Gasteiger partial charge in [-0.05, 0) is 43.9 Å². The molecule has 2 fully saturated rings. The largest absolute Gasteiger partial charge is 0.392 e. The molecular weight excluding hydrogens is 376 g/mol. The maximum Gasteiger partial charge on any atom is 0.147 e. The maximum absolute atomic E-state index is 12.1. The van der Waals surface area contributed by atoms with E-state index in [0.29, 0.717) is 51.4 Å². The Kier molecular flexibility index (Phi) is 9.83. The van der Waals surface area contributed by atoms with E-state index in [2.05, 4.69) is 26.3 Å². The van der Waals surface area contributed by atoms with E-state index in [9.17, 15) is 19.5 Å². The Morgan fingerprint density at radius 2 is 1.17 bits per heavy atom. The van der Waals surface area contributed by atoms with Crippen LogP contribution in [0.2, 0.25) is 0 Å². The van der Waals surface area contributed by atoms with Crippen molar-refractivity contribution in [1.29, 1.82) is 0 Å². The molecule has 0 saturated heterocycles. The van der Waals surface area contributed by atoms with E-state index in [-0.39, 0.29) is 29.2 Å². The van der Waals surface area contributed by atoms with Gasteiger partial charge in [-0.25, -0.2) is 0 Å². The van der Waals surface area contributed by atoms with Crippen LogP contribution in [-0.2, 0) is 14.4 Å². The standard InChI is InChI=1S/C13H20O2.C13H18O2/c2*1-4-6-13(7-5-2)11(14)8-10(3)9-12(13)15/h4-5,10-11,14H,1-2,6-9H2,3H3;4-5,10H,1-2,6-9H2,3H3/t10-,11?;/m1./s1. The van der Waals surface area contributed by atoms with Gasteiger partial charge < -0.3 is 5.11 Å². The lowest BCUT2D eigenvalue weighted by molar-refractivity contribution is -0.145. The number of Topliss-reactive ketones (excluding diaryl/α,β-unsaturated/α-hetero) is 3. The van der Waals surface area contributed by atoms with Crippen LogP contribution in [0, 0.1) is 22.7 Å². The predicted octanol–water partition coefficient (Wildman–Crippen LogP) is 5.18. The number of hydrogen-bond donors (Lipinski definition) is 1.